The van der Waals surface area contributed by atoms with E-state index in [-0.39, 0.29) is 6.61 Å². The average molecular weight is 206 g/mol. The van der Waals surface area contributed by atoms with E-state index in [4.69, 9.17) is 5.11 Å². The third-order valence-electron chi connectivity index (χ3n) is 2.96. The van der Waals surface area contributed by atoms with Crippen LogP contribution in [0.4, 0.5) is 0 Å². The number of hydrogen-bond donors (Lipinski definition) is 1. The summed E-state index contributed by atoms with van der Waals surface area (Å²) in [6.07, 6.45) is 2.51. The number of sulfone groups is 1. The van der Waals surface area contributed by atoms with Crippen LogP contribution < -0.4 is 0 Å². The van der Waals surface area contributed by atoms with Gasteiger partial charge >= 0.3 is 0 Å². The molecule has 1 aliphatic heterocycles. The minimum absolute atomic E-state index is 0.176. The van der Waals surface area contributed by atoms with Gasteiger partial charge in [-0.25, -0.2) is 8.42 Å². The number of rotatable bonds is 4. The van der Waals surface area contributed by atoms with Gasteiger partial charge in [-0.05, 0) is 24.7 Å². The van der Waals surface area contributed by atoms with Crippen molar-refractivity contribution in [2.75, 3.05) is 18.1 Å². The summed E-state index contributed by atoms with van der Waals surface area (Å²) < 4.78 is 22.4. The second kappa shape index (κ2) is 4.42. The second-order valence-corrected chi connectivity index (χ2v) is 6.07. The highest BCUT2D eigenvalue weighted by atomic mass is 32.2. The zero-order valence-corrected chi connectivity index (χ0v) is 8.89. The molecule has 13 heavy (non-hydrogen) atoms. The molecule has 0 aromatic carbocycles. The zero-order chi connectivity index (χ0) is 9.90. The van der Waals surface area contributed by atoms with Crippen LogP contribution in [0.1, 0.15) is 26.2 Å². The van der Waals surface area contributed by atoms with E-state index in [0.29, 0.717) is 23.3 Å². The molecular weight excluding hydrogens is 188 g/mol. The van der Waals surface area contributed by atoms with Crippen LogP contribution in [0, 0.1) is 11.8 Å². The van der Waals surface area contributed by atoms with Crippen molar-refractivity contribution in [2.45, 2.75) is 26.2 Å². The van der Waals surface area contributed by atoms with Crippen molar-refractivity contribution in [3.63, 3.8) is 0 Å². The SMILES string of the molecule is CCC(CCO)C1CCS(=O)(=O)C1. The summed E-state index contributed by atoms with van der Waals surface area (Å²) in [5, 5.41) is 8.81. The van der Waals surface area contributed by atoms with Crippen molar-refractivity contribution in [1.82, 2.24) is 0 Å². The van der Waals surface area contributed by atoms with Gasteiger partial charge in [0.25, 0.3) is 0 Å². The van der Waals surface area contributed by atoms with Crippen LogP contribution in [0.2, 0.25) is 0 Å². The fourth-order valence-corrected chi connectivity index (χ4v) is 4.05. The average Bonchev–Trinajstić information content (AvgIpc) is 2.42. The zero-order valence-electron chi connectivity index (χ0n) is 8.07. The van der Waals surface area contributed by atoms with Gasteiger partial charge in [-0.15, -0.1) is 0 Å². The molecule has 2 atom stereocenters. The van der Waals surface area contributed by atoms with E-state index in [1.807, 2.05) is 0 Å². The first-order valence-corrected chi connectivity index (χ1v) is 6.72. The van der Waals surface area contributed by atoms with Crippen LogP contribution in [0.3, 0.4) is 0 Å². The lowest BCUT2D eigenvalue weighted by Gasteiger charge is -2.19. The Bertz CT molecular complexity index is 246. The van der Waals surface area contributed by atoms with Crippen LogP contribution in [0.25, 0.3) is 0 Å². The van der Waals surface area contributed by atoms with Gasteiger partial charge in [-0.3, -0.25) is 0 Å². The first kappa shape index (κ1) is 11.0. The minimum Gasteiger partial charge on any atom is -0.396 e. The van der Waals surface area contributed by atoms with Gasteiger partial charge in [0.2, 0.25) is 0 Å². The molecule has 1 rings (SSSR count). The Kier molecular flexibility index (Phi) is 3.74. The van der Waals surface area contributed by atoms with Gasteiger partial charge in [0.15, 0.2) is 9.84 Å². The molecule has 1 aliphatic rings. The lowest BCUT2D eigenvalue weighted by molar-refractivity contribution is 0.223. The van der Waals surface area contributed by atoms with Crippen molar-refractivity contribution < 1.29 is 13.5 Å². The first-order valence-electron chi connectivity index (χ1n) is 4.90. The molecule has 0 saturated carbocycles. The first-order chi connectivity index (χ1) is 6.09. The monoisotopic (exact) mass is 206 g/mol. The van der Waals surface area contributed by atoms with E-state index in [2.05, 4.69) is 6.92 Å². The third-order valence-corrected chi connectivity index (χ3v) is 4.75. The molecule has 3 nitrogen and oxygen atoms in total. The van der Waals surface area contributed by atoms with Gasteiger partial charge in [0.05, 0.1) is 11.5 Å². The smallest absolute Gasteiger partial charge is 0.150 e. The second-order valence-electron chi connectivity index (χ2n) is 3.84. The number of hydrogen-bond acceptors (Lipinski definition) is 3. The van der Waals surface area contributed by atoms with E-state index in [1.54, 1.807) is 0 Å². The van der Waals surface area contributed by atoms with Crippen LogP contribution in [0.15, 0.2) is 0 Å². The molecule has 1 fully saturated rings. The summed E-state index contributed by atoms with van der Waals surface area (Å²) in [5.74, 6) is 1.37. The summed E-state index contributed by atoms with van der Waals surface area (Å²) in [6.45, 7) is 2.24. The highest BCUT2D eigenvalue weighted by molar-refractivity contribution is 7.91. The highest BCUT2D eigenvalue weighted by Gasteiger charge is 2.32. The fraction of sp³-hybridized carbons (Fsp3) is 1.00. The molecule has 2 unspecified atom stereocenters. The van der Waals surface area contributed by atoms with E-state index in [9.17, 15) is 8.42 Å². The molecule has 0 aromatic rings. The molecule has 1 N–H and O–H groups in total. The standard InChI is InChI=1S/C9H18O3S/c1-2-8(3-5-10)9-4-6-13(11,12)7-9/h8-10H,2-7H2,1H3. The summed E-state index contributed by atoms with van der Waals surface area (Å²) in [7, 11) is -2.75. The predicted octanol–water partition coefficient (Wildman–Crippen LogP) is 0.830. The van der Waals surface area contributed by atoms with E-state index >= 15 is 0 Å². The third kappa shape index (κ3) is 2.95. The molecule has 0 radical (unpaired) electrons. The maximum Gasteiger partial charge on any atom is 0.150 e. The molecule has 1 saturated heterocycles. The summed E-state index contributed by atoms with van der Waals surface area (Å²) in [6, 6.07) is 0. The maximum absolute atomic E-state index is 11.2. The Morgan fingerprint density at radius 3 is 2.62 bits per heavy atom. The normalized spacial score (nSPS) is 28.9. The largest absolute Gasteiger partial charge is 0.396 e. The number of aliphatic hydroxyl groups is 1. The quantitative estimate of drug-likeness (QED) is 0.741. The summed E-state index contributed by atoms with van der Waals surface area (Å²) >= 11 is 0. The minimum atomic E-state index is -2.75. The van der Waals surface area contributed by atoms with Crippen molar-refractivity contribution in [3.05, 3.63) is 0 Å². The van der Waals surface area contributed by atoms with Gasteiger partial charge in [-0.2, -0.15) is 0 Å². The Balaban J connectivity index is 2.52. The van der Waals surface area contributed by atoms with E-state index < -0.39 is 9.84 Å². The van der Waals surface area contributed by atoms with Crippen molar-refractivity contribution >= 4 is 9.84 Å². The van der Waals surface area contributed by atoms with Crippen LogP contribution >= 0.6 is 0 Å². The van der Waals surface area contributed by atoms with E-state index in [1.165, 1.54) is 0 Å². The fourth-order valence-electron chi connectivity index (χ4n) is 2.13. The van der Waals surface area contributed by atoms with E-state index in [0.717, 1.165) is 19.3 Å². The topological polar surface area (TPSA) is 54.4 Å². The van der Waals surface area contributed by atoms with Crippen LogP contribution in [0.5, 0.6) is 0 Å². The molecule has 0 aromatic heterocycles. The lowest BCUT2D eigenvalue weighted by Crippen LogP contribution is -2.16. The molecule has 0 spiro atoms. The summed E-state index contributed by atoms with van der Waals surface area (Å²) in [4.78, 5) is 0. The van der Waals surface area contributed by atoms with Crippen LogP contribution in [-0.4, -0.2) is 31.6 Å². The Morgan fingerprint density at radius 1 is 1.54 bits per heavy atom. The van der Waals surface area contributed by atoms with Gasteiger partial charge in [0.1, 0.15) is 0 Å². The Hall–Kier alpha value is -0.0900. The predicted molar refractivity (Wildman–Crippen MR) is 52.2 cm³/mol. The van der Waals surface area contributed by atoms with Gasteiger partial charge in [-0.1, -0.05) is 13.3 Å². The molecule has 0 aliphatic carbocycles. The van der Waals surface area contributed by atoms with Gasteiger partial charge in [0, 0.05) is 6.61 Å². The van der Waals surface area contributed by atoms with Crippen molar-refractivity contribution in [1.29, 1.82) is 0 Å². The molecule has 0 bridgehead atoms. The van der Waals surface area contributed by atoms with Crippen LogP contribution in [-0.2, 0) is 9.84 Å². The lowest BCUT2D eigenvalue weighted by atomic mass is 9.87. The maximum atomic E-state index is 11.2. The van der Waals surface area contributed by atoms with Crippen molar-refractivity contribution in [2.24, 2.45) is 11.8 Å². The molecule has 78 valence electrons. The molecule has 1 heterocycles. The highest BCUT2D eigenvalue weighted by Crippen LogP contribution is 2.29. The summed E-state index contributed by atoms with van der Waals surface area (Å²) in [5.41, 5.74) is 0. The number of aliphatic hydroxyl groups excluding tert-OH is 1. The van der Waals surface area contributed by atoms with Crippen molar-refractivity contribution in [3.8, 4) is 0 Å². The molecule has 0 amide bonds. The Morgan fingerprint density at radius 2 is 2.23 bits per heavy atom. The van der Waals surface area contributed by atoms with Gasteiger partial charge < -0.3 is 5.11 Å². The molecule has 4 heteroatoms. The molecular formula is C9H18O3S. The Labute approximate surface area is 80.1 Å².